The summed E-state index contributed by atoms with van der Waals surface area (Å²) in [7, 11) is 0. The topological polar surface area (TPSA) is 91.6 Å². The van der Waals surface area contributed by atoms with Crippen LogP contribution in [-0.4, -0.2) is 52.1 Å². The van der Waals surface area contributed by atoms with Crippen molar-refractivity contribution in [1.82, 2.24) is 25.3 Å². The summed E-state index contributed by atoms with van der Waals surface area (Å²) in [5.74, 6) is 0.857. The highest BCUT2D eigenvalue weighted by atomic mass is 16.2. The quantitative estimate of drug-likeness (QED) is 0.301. The lowest BCUT2D eigenvalue weighted by atomic mass is 9.85. The minimum atomic E-state index is -0.138. The largest absolute Gasteiger partial charge is 0.357 e. The van der Waals surface area contributed by atoms with Gasteiger partial charge in [0.25, 0.3) is 0 Å². The van der Waals surface area contributed by atoms with Gasteiger partial charge >= 0.3 is 0 Å². The molecule has 3 aliphatic rings. The molecule has 0 radical (unpaired) electrons. The number of hydrogen-bond donors (Lipinski definition) is 2. The summed E-state index contributed by atoms with van der Waals surface area (Å²) in [6, 6.07) is 9.94. The van der Waals surface area contributed by atoms with Crippen molar-refractivity contribution in [3.05, 3.63) is 60.4 Å². The van der Waals surface area contributed by atoms with E-state index in [0.717, 1.165) is 24.2 Å². The van der Waals surface area contributed by atoms with E-state index >= 15 is 0 Å². The van der Waals surface area contributed by atoms with E-state index in [0.29, 0.717) is 25.6 Å². The number of carbonyl (C=O) groups is 2. The van der Waals surface area contributed by atoms with Crippen LogP contribution in [0, 0.1) is 23.7 Å². The summed E-state index contributed by atoms with van der Waals surface area (Å²) < 4.78 is 1.83. The second-order valence-electron chi connectivity index (χ2n) is 8.58. The molecule has 2 amide bonds. The zero-order chi connectivity index (χ0) is 22.1. The highest BCUT2D eigenvalue weighted by Gasteiger charge is 2.58. The average Bonchev–Trinajstić information content (AvgIpc) is 3.59. The summed E-state index contributed by atoms with van der Waals surface area (Å²) in [5.41, 5.74) is 1.99. The number of nitrogens with zero attached hydrogens (tertiary/aromatic N) is 4. The molecule has 2 aromatic rings. The molecule has 2 fully saturated rings. The van der Waals surface area contributed by atoms with E-state index in [1.807, 2.05) is 54.3 Å². The van der Waals surface area contributed by atoms with Gasteiger partial charge in [0, 0.05) is 31.4 Å². The minimum Gasteiger partial charge on any atom is -0.357 e. The van der Waals surface area contributed by atoms with E-state index in [-0.39, 0.29) is 35.5 Å². The molecule has 4 unspecified atom stereocenters. The standard InChI is InChI=1S/C24H28N6O2/c1-2-25-24(27-13-16-14-28-30(15-16)19-6-4-3-5-7-19)26-10-11-29-22(31)20-17-8-9-18(12-17)21(20)23(29)32/h3-9,14-15,17-18,20-21H,2,10-13H2,1H3,(H2,25,26,27). The fraction of sp³-hybridized carbons (Fsp3) is 0.417. The van der Waals surface area contributed by atoms with Crippen molar-refractivity contribution in [2.45, 2.75) is 19.9 Å². The van der Waals surface area contributed by atoms with Crippen LogP contribution < -0.4 is 10.6 Å². The van der Waals surface area contributed by atoms with Crippen LogP contribution in [0.1, 0.15) is 18.9 Å². The first-order valence-electron chi connectivity index (χ1n) is 11.3. The summed E-state index contributed by atoms with van der Waals surface area (Å²) >= 11 is 0. The second-order valence-corrected chi connectivity index (χ2v) is 8.58. The third-order valence-electron chi connectivity index (χ3n) is 6.61. The van der Waals surface area contributed by atoms with Gasteiger partial charge in [-0.3, -0.25) is 14.5 Å². The van der Waals surface area contributed by atoms with Crippen molar-refractivity contribution in [2.24, 2.45) is 28.7 Å². The van der Waals surface area contributed by atoms with Gasteiger partial charge < -0.3 is 10.6 Å². The lowest BCUT2D eigenvalue weighted by Crippen LogP contribution is -2.43. The Labute approximate surface area is 187 Å². The van der Waals surface area contributed by atoms with Gasteiger partial charge in [0.2, 0.25) is 11.8 Å². The molecule has 2 aliphatic carbocycles. The molecule has 2 N–H and O–H groups in total. The van der Waals surface area contributed by atoms with Crippen LogP contribution in [0.3, 0.4) is 0 Å². The van der Waals surface area contributed by atoms with Crippen molar-refractivity contribution in [1.29, 1.82) is 0 Å². The molecule has 1 aromatic heterocycles. The summed E-state index contributed by atoms with van der Waals surface area (Å²) in [4.78, 5) is 31.7. The van der Waals surface area contributed by atoms with Crippen LogP contribution in [0.15, 0.2) is 59.9 Å². The fourth-order valence-electron chi connectivity index (χ4n) is 5.15. The third kappa shape index (κ3) is 3.70. The van der Waals surface area contributed by atoms with E-state index in [2.05, 4.69) is 32.9 Å². The van der Waals surface area contributed by atoms with Crippen molar-refractivity contribution < 1.29 is 9.59 Å². The van der Waals surface area contributed by atoms with Crippen molar-refractivity contribution >= 4 is 17.8 Å². The van der Waals surface area contributed by atoms with Gasteiger partial charge in [0.15, 0.2) is 5.96 Å². The van der Waals surface area contributed by atoms with Gasteiger partial charge in [-0.25, -0.2) is 9.67 Å². The van der Waals surface area contributed by atoms with Gasteiger partial charge in [0.05, 0.1) is 30.3 Å². The number of para-hydroxylation sites is 1. The first-order chi connectivity index (χ1) is 15.7. The minimum absolute atomic E-state index is 0.00563. The van der Waals surface area contributed by atoms with Crippen LogP contribution >= 0.6 is 0 Å². The van der Waals surface area contributed by atoms with Crippen LogP contribution in [-0.2, 0) is 16.1 Å². The number of guanidine groups is 1. The van der Waals surface area contributed by atoms with E-state index in [1.165, 1.54) is 4.90 Å². The predicted molar refractivity (Wildman–Crippen MR) is 121 cm³/mol. The number of nitrogens with one attached hydrogen (secondary N) is 2. The fourth-order valence-corrected chi connectivity index (χ4v) is 5.15. The Morgan fingerprint density at radius 1 is 1.09 bits per heavy atom. The molecule has 166 valence electrons. The maximum absolute atomic E-state index is 12.8. The number of aliphatic imine (C=N–C) groups is 1. The first kappa shape index (κ1) is 20.5. The van der Waals surface area contributed by atoms with E-state index in [9.17, 15) is 9.59 Å². The normalized spacial score (nSPS) is 26.2. The Kier molecular flexibility index (Phi) is 5.51. The van der Waals surface area contributed by atoms with Gasteiger partial charge in [-0.05, 0) is 37.3 Å². The molecule has 8 nitrogen and oxygen atoms in total. The molecule has 1 saturated carbocycles. The Morgan fingerprint density at radius 2 is 1.81 bits per heavy atom. The molecule has 1 aromatic carbocycles. The number of allylic oxidation sites excluding steroid dienone is 2. The number of fused-ring (bicyclic) bond motifs is 5. The summed E-state index contributed by atoms with van der Waals surface area (Å²) in [6.07, 6.45) is 8.97. The number of benzene rings is 1. The highest BCUT2D eigenvalue weighted by Crippen LogP contribution is 2.52. The number of imide groups is 1. The maximum atomic E-state index is 12.8. The van der Waals surface area contributed by atoms with Gasteiger partial charge in [0.1, 0.15) is 0 Å². The number of rotatable bonds is 7. The summed E-state index contributed by atoms with van der Waals surface area (Å²) in [5, 5.41) is 10.9. The molecule has 8 heteroatoms. The van der Waals surface area contributed by atoms with Crippen molar-refractivity contribution in [3.63, 3.8) is 0 Å². The molecule has 1 aliphatic heterocycles. The molecule has 1 saturated heterocycles. The first-order valence-corrected chi connectivity index (χ1v) is 11.3. The van der Waals surface area contributed by atoms with Crippen molar-refractivity contribution in [2.75, 3.05) is 19.6 Å². The highest BCUT2D eigenvalue weighted by molar-refractivity contribution is 6.06. The number of carbonyl (C=O) groups excluding carboxylic acids is 2. The van der Waals surface area contributed by atoms with E-state index < -0.39 is 0 Å². The summed E-state index contributed by atoms with van der Waals surface area (Å²) in [6.45, 7) is 4.02. The average molecular weight is 433 g/mol. The number of aromatic nitrogens is 2. The molecule has 4 atom stereocenters. The third-order valence-corrected chi connectivity index (χ3v) is 6.61. The molecule has 2 bridgehead atoms. The van der Waals surface area contributed by atoms with E-state index in [4.69, 9.17) is 0 Å². The Balaban J connectivity index is 1.17. The van der Waals surface area contributed by atoms with Gasteiger partial charge in [-0.1, -0.05) is 30.4 Å². The Bertz CT molecular complexity index is 1030. The van der Waals surface area contributed by atoms with Crippen molar-refractivity contribution in [3.8, 4) is 5.69 Å². The number of amides is 2. The maximum Gasteiger partial charge on any atom is 0.233 e. The lowest BCUT2D eigenvalue weighted by Gasteiger charge is -2.18. The predicted octanol–water partition coefficient (Wildman–Crippen LogP) is 1.73. The van der Waals surface area contributed by atoms with Crippen LogP contribution in [0.2, 0.25) is 0 Å². The Morgan fingerprint density at radius 3 is 2.50 bits per heavy atom. The number of hydrogen-bond acceptors (Lipinski definition) is 4. The molecule has 0 spiro atoms. The Hall–Kier alpha value is -3.42. The SMILES string of the molecule is CCNC(=NCc1cnn(-c2ccccc2)c1)NCCN1C(=O)C2C3C=CC(C3)C2C1=O. The molecule has 5 rings (SSSR count). The van der Waals surface area contributed by atoms with Crippen LogP contribution in [0.4, 0.5) is 0 Å². The zero-order valence-electron chi connectivity index (χ0n) is 18.1. The van der Waals surface area contributed by atoms with Crippen LogP contribution in [0.5, 0.6) is 0 Å². The monoisotopic (exact) mass is 432 g/mol. The zero-order valence-corrected chi connectivity index (χ0v) is 18.1. The molecule has 2 heterocycles. The smallest absolute Gasteiger partial charge is 0.233 e. The number of likely N-dealkylation sites (tertiary alicyclic amines) is 1. The van der Waals surface area contributed by atoms with E-state index in [1.54, 1.807) is 0 Å². The molecule has 32 heavy (non-hydrogen) atoms. The van der Waals surface area contributed by atoms with Gasteiger partial charge in [-0.15, -0.1) is 0 Å². The molecular formula is C24H28N6O2. The molecular weight excluding hydrogens is 404 g/mol. The van der Waals surface area contributed by atoms with Crippen LogP contribution in [0.25, 0.3) is 5.69 Å². The van der Waals surface area contributed by atoms with Gasteiger partial charge in [-0.2, -0.15) is 5.10 Å². The second kappa shape index (κ2) is 8.61. The lowest BCUT2D eigenvalue weighted by molar-refractivity contribution is -0.140.